The fraction of sp³-hybridized carbons (Fsp3) is 1.00. The molecule has 0 fully saturated rings. The molecule has 6 heavy (non-hydrogen) atoms. The molecule has 0 saturated heterocycles. The molecule has 1 unspecified atom stereocenters. The summed E-state index contributed by atoms with van der Waals surface area (Å²) in [5, 5.41) is 0. The first kappa shape index (κ1) is 7.16. The van der Waals surface area contributed by atoms with Crippen molar-refractivity contribution < 1.29 is 0 Å². The highest BCUT2D eigenvalue weighted by molar-refractivity contribution is 14.1. The summed E-state index contributed by atoms with van der Waals surface area (Å²) in [6, 6.07) is 0. The maximum Gasteiger partial charge on any atom is 0.0170 e. The van der Waals surface area contributed by atoms with Gasteiger partial charge in [0.15, 0.2) is 0 Å². The van der Waals surface area contributed by atoms with Gasteiger partial charge in [0.25, 0.3) is 0 Å². The third kappa shape index (κ3) is 5.16. The monoisotopic (exact) mass is 216 g/mol. The summed E-state index contributed by atoms with van der Waals surface area (Å²) >= 11 is 2.42. The van der Waals surface area contributed by atoms with Crippen molar-refractivity contribution in [2.24, 2.45) is 0 Å². The van der Waals surface area contributed by atoms with Crippen LogP contribution in [-0.2, 0) is 0 Å². The topological polar surface area (TPSA) is 0 Å². The molecule has 0 nitrogen and oxygen atoms in total. The number of hydrogen-bond donors (Lipinski definition) is 0. The second kappa shape index (κ2) is 6.16. The minimum atomic E-state index is 1.20. The number of hydrogen-bond acceptors (Lipinski definition) is 0. The summed E-state index contributed by atoms with van der Waals surface area (Å²) in [5.74, 6) is 0. The highest BCUT2D eigenvalue weighted by Crippen LogP contribution is 2.13. The van der Waals surface area contributed by atoms with E-state index in [-0.39, 0.29) is 0 Å². The summed E-state index contributed by atoms with van der Waals surface area (Å²) in [5.41, 5.74) is 0. The van der Waals surface area contributed by atoms with E-state index < -0.39 is 0 Å². The number of alkyl halides is 1. The lowest BCUT2D eigenvalue weighted by Gasteiger charge is -1.86. The van der Waals surface area contributed by atoms with Crippen LogP contribution in [0.25, 0.3) is 0 Å². The molecule has 0 spiro atoms. The minimum absolute atomic E-state index is 1.20. The Morgan fingerprint density at radius 1 is 1.67 bits per heavy atom. The van der Waals surface area contributed by atoms with Crippen molar-refractivity contribution in [3.05, 3.63) is 0 Å². The third-order valence-electron chi connectivity index (χ3n) is 0.521. The van der Waals surface area contributed by atoms with Crippen LogP contribution < -0.4 is 0 Å². The smallest absolute Gasteiger partial charge is 0.0170 e. The summed E-state index contributed by atoms with van der Waals surface area (Å²) in [7, 11) is 1.20. The lowest BCUT2D eigenvalue weighted by molar-refractivity contribution is 1.10. The minimum Gasteiger partial charge on any atom is -0.112 e. The molecular weight excluding hydrogens is 206 g/mol. The van der Waals surface area contributed by atoms with E-state index in [9.17, 15) is 0 Å². The van der Waals surface area contributed by atoms with E-state index in [4.69, 9.17) is 0 Å². The maximum absolute atomic E-state index is 2.42. The molecule has 0 radical (unpaired) electrons. The van der Waals surface area contributed by atoms with Gasteiger partial charge in [-0.2, -0.15) is 0 Å². The lowest BCUT2D eigenvalue weighted by atomic mass is 10.6. The van der Waals surface area contributed by atoms with Gasteiger partial charge in [0, 0.05) is 4.17 Å². The Labute approximate surface area is 55.0 Å². The first-order valence-corrected chi connectivity index (χ1v) is 5.12. The molecule has 0 aliphatic heterocycles. The zero-order valence-electron chi connectivity index (χ0n) is 4.00. The lowest BCUT2D eigenvalue weighted by Crippen LogP contribution is -1.65. The first-order chi connectivity index (χ1) is 2.91. The summed E-state index contributed by atoms with van der Waals surface area (Å²) in [4.78, 5) is 0. The molecule has 0 saturated carbocycles. The van der Waals surface area contributed by atoms with Crippen LogP contribution >= 0.6 is 31.2 Å². The van der Waals surface area contributed by atoms with Crippen LogP contribution in [0, 0.1) is 0 Å². The van der Waals surface area contributed by atoms with E-state index in [0.29, 0.717) is 0 Å². The van der Waals surface area contributed by atoms with E-state index in [0.717, 1.165) is 0 Å². The Hall–Kier alpha value is 1.16. The molecule has 0 aromatic rings. The summed E-state index contributed by atoms with van der Waals surface area (Å²) in [6.45, 7) is 2.24. The quantitative estimate of drug-likeness (QED) is 0.294. The van der Waals surface area contributed by atoms with Gasteiger partial charge in [-0.1, -0.05) is 35.9 Å². The van der Waals surface area contributed by atoms with E-state index in [1.807, 2.05) is 0 Å². The average molecular weight is 216 g/mol. The van der Waals surface area contributed by atoms with Crippen LogP contribution in [0.2, 0.25) is 0 Å². The van der Waals surface area contributed by atoms with Crippen LogP contribution in [0.5, 0.6) is 0 Å². The Bertz CT molecular complexity index is 19.5. The van der Waals surface area contributed by atoms with Gasteiger partial charge in [0.2, 0.25) is 0 Å². The molecule has 0 amide bonds. The Morgan fingerprint density at radius 3 is 2.50 bits per heavy atom. The standard InChI is InChI=1S/C4H10IP/c1-2-3-6-4-5/h6H,2-4H2,1H3. The zero-order chi connectivity index (χ0) is 4.83. The number of halogens is 1. The second-order valence-electron chi connectivity index (χ2n) is 1.13. The second-order valence-corrected chi connectivity index (χ2v) is 4.69. The van der Waals surface area contributed by atoms with E-state index in [1.54, 1.807) is 0 Å². The molecule has 0 aromatic carbocycles. The highest BCUT2D eigenvalue weighted by atomic mass is 127. The van der Waals surface area contributed by atoms with Crippen LogP contribution in [0.3, 0.4) is 0 Å². The zero-order valence-corrected chi connectivity index (χ0v) is 7.16. The molecular formula is C4H10IP. The number of rotatable bonds is 3. The van der Waals surface area contributed by atoms with Crippen LogP contribution in [0.15, 0.2) is 0 Å². The molecule has 2 heteroatoms. The first-order valence-electron chi connectivity index (χ1n) is 2.18. The fourth-order valence-electron chi connectivity index (χ4n) is 0.244. The van der Waals surface area contributed by atoms with Gasteiger partial charge in [-0.05, 0) is 6.16 Å². The predicted octanol–water partition coefficient (Wildman–Crippen LogP) is 2.47. The van der Waals surface area contributed by atoms with Gasteiger partial charge < -0.3 is 0 Å². The van der Waals surface area contributed by atoms with Crippen molar-refractivity contribution in [1.29, 1.82) is 0 Å². The fourth-order valence-corrected chi connectivity index (χ4v) is 1.87. The highest BCUT2D eigenvalue weighted by Gasteiger charge is 1.75. The predicted molar refractivity (Wildman–Crippen MR) is 42.4 cm³/mol. The largest absolute Gasteiger partial charge is 0.112 e. The van der Waals surface area contributed by atoms with E-state index in [1.165, 1.54) is 25.3 Å². The summed E-state index contributed by atoms with van der Waals surface area (Å²) < 4.78 is 1.35. The molecule has 0 aliphatic rings. The molecule has 0 rings (SSSR count). The van der Waals surface area contributed by atoms with Crippen molar-refractivity contribution >= 4 is 31.2 Å². The Balaban J connectivity index is 2.34. The average Bonchev–Trinajstić information content (AvgIpc) is 1.61. The molecule has 38 valence electrons. The normalized spacial score (nSPS) is 11.0. The van der Waals surface area contributed by atoms with Gasteiger partial charge in [0.05, 0.1) is 0 Å². The molecule has 0 aromatic heterocycles. The van der Waals surface area contributed by atoms with Crippen LogP contribution in [0.1, 0.15) is 13.3 Å². The van der Waals surface area contributed by atoms with Crippen LogP contribution in [0.4, 0.5) is 0 Å². The van der Waals surface area contributed by atoms with E-state index in [2.05, 4.69) is 29.5 Å². The van der Waals surface area contributed by atoms with Crippen molar-refractivity contribution in [1.82, 2.24) is 0 Å². The van der Waals surface area contributed by atoms with Crippen molar-refractivity contribution in [2.75, 3.05) is 10.3 Å². The third-order valence-corrected chi connectivity index (χ3v) is 3.18. The van der Waals surface area contributed by atoms with Gasteiger partial charge in [-0.15, -0.1) is 8.58 Å². The van der Waals surface area contributed by atoms with Gasteiger partial charge >= 0.3 is 0 Å². The molecule has 1 atom stereocenters. The summed E-state index contributed by atoms with van der Waals surface area (Å²) in [6.07, 6.45) is 2.80. The van der Waals surface area contributed by atoms with Crippen molar-refractivity contribution in [2.45, 2.75) is 13.3 Å². The van der Waals surface area contributed by atoms with Gasteiger partial charge in [-0.25, -0.2) is 0 Å². The maximum atomic E-state index is 2.42. The molecule has 0 heterocycles. The van der Waals surface area contributed by atoms with Gasteiger partial charge in [0.1, 0.15) is 0 Å². The molecule has 0 bridgehead atoms. The van der Waals surface area contributed by atoms with Crippen molar-refractivity contribution in [3.8, 4) is 0 Å². The SMILES string of the molecule is CCCPCI. The Kier molecular flexibility index (Phi) is 7.35. The molecule has 0 aliphatic carbocycles. The van der Waals surface area contributed by atoms with Crippen LogP contribution in [-0.4, -0.2) is 10.3 Å². The van der Waals surface area contributed by atoms with Crippen molar-refractivity contribution in [3.63, 3.8) is 0 Å². The van der Waals surface area contributed by atoms with E-state index >= 15 is 0 Å². The Morgan fingerprint density at radius 2 is 2.33 bits per heavy atom. The molecule has 0 N–H and O–H groups in total. The van der Waals surface area contributed by atoms with Gasteiger partial charge in [-0.3, -0.25) is 0 Å².